The number of carboxylic acids is 1. The van der Waals surface area contributed by atoms with Gasteiger partial charge in [-0.05, 0) is 26.2 Å². The molecule has 2 unspecified atom stereocenters. The van der Waals surface area contributed by atoms with E-state index < -0.39 is 5.97 Å². The highest BCUT2D eigenvalue weighted by atomic mass is 33.1. The zero-order valence-electron chi connectivity index (χ0n) is 11.8. The lowest BCUT2D eigenvalue weighted by Gasteiger charge is -2.10. The van der Waals surface area contributed by atoms with Crippen molar-refractivity contribution in [2.24, 2.45) is 0 Å². The number of rotatable bonds is 10. The zero-order valence-corrected chi connectivity index (χ0v) is 13.4. The first-order valence-corrected chi connectivity index (χ1v) is 9.45. The summed E-state index contributed by atoms with van der Waals surface area (Å²) in [6, 6.07) is 0. The maximum atomic E-state index is 11.6. The van der Waals surface area contributed by atoms with Crippen LogP contribution in [-0.2, 0) is 14.3 Å². The molecule has 0 bridgehead atoms. The number of hydrogen-bond donors (Lipinski definition) is 2. The monoisotopic (exact) mass is 321 g/mol. The quantitative estimate of drug-likeness (QED) is 0.475. The topological polar surface area (TPSA) is 75.6 Å². The van der Waals surface area contributed by atoms with Gasteiger partial charge in [-0.3, -0.25) is 9.59 Å². The van der Waals surface area contributed by atoms with Gasteiger partial charge in [0.1, 0.15) is 0 Å². The molecule has 0 aromatic carbocycles. The van der Waals surface area contributed by atoms with Gasteiger partial charge < -0.3 is 15.2 Å². The van der Waals surface area contributed by atoms with Gasteiger partial charge in [-0.25, -0.2) is 0 Å². The van der Waals surface area contributed by atoms with Gasteiger partial charge in [-0.2, -0.15) is 0 Å². The number of aliphatic carboxylic acids is 1. The van der Waals surface area contributed by atoms with E-state index in [9.17, 15) is 9.59 Å². The highest BCUT2D eigenvalue weighted by Gasteiger charge is 2.21. The molecule has 0 aliphatic carbocycles. The predicted molar refractivity (Wildman–Crippen MR) is 83.0 cm³/mol. The molecule has 1 fully saturated rings. The Bertz CT molecular complexity index is 315. The summed E-state index contributed by atoms with van der Waals surface area (Å²) in [6.45, 7) is 2.70. The number of carbonyl (C=O) groups excluding carboxylic acids is 1. The molecular formula is C13H23NO4S2. The fraction of sp³-hybridized carbons (Fsp3) is 0.846. The first-order valence-electron chi connectivity index (χ1n) is 6.96. The highest BCUT2D eigenvalue weighted by Crippen LogP contribution is 2.22. The normalized spacial score (nSPS) is 21.9. The van der Waals surface area contributed by atoms with Crippen molar-refractivity contribution < 1.29 is 19.4 Å². The highest BCUT2D eigenvalue weighted by molar-refractivity contribution is 8.76. The Morgan fingerprint density at radius 1 is 1.25 bits per heavy atom. The fourth-order valence-electron chi connectivity index (χ4n) is 1.96. The maximum Gasteiger partial charge on any atom is 0.304 e. The van der Waals surface area contributed by atoms with Crippen molar-refractivity contribution in [3.63, 3.8) is 0 Å². The molecule has 2 N–H and O–H groups in total. The minimum atomic E-state index is -0.769. The third-order valence-electron chi connectivity index (χ3n) is 3.00. The second-order valence-corrected chi connectivity index (χ2v) is 7.52. The molecule has 1 heterocycles. The molecule has 0 radical (unpaired) electrons. The van der Waals surface area contributed by atoms with Gasteiger partial charge in [0.2, 0.25) is 5.91 Å². The van der Waals surface area contributed by atoms with Crippen molar-refractivity contribution in [1.82, 2.24) is 5.32 Å². The van der Waals surface area contributed by atoms with Crippen molar-refractivity contribution >= 4 is 33.5 Å². The molecule has 20 heavy (non-hydrogen) atoms. The number of nitrogens with one attached hydrogen (secondary N) is 1. The standard InChI is InChI=1S/C13H23NO4S2/c1-10-2-3-11(18-10)4-5-12(15)14-7-9-20-19-8-6-13(16)17/h10-11H,2-9H2,1H3,(H,14,15)(H,16,17). The summed E-state index contributed by atoms with van der Waals surface area (Å²) in [5, 5.41) is 11.3. The molecule has 0 saturated carbocycles. The Morgan fingerprint density at radius 2 is 2.00 bits per heavy atom. The lowest BCUT2D eigenvalue weighted by atomic mass is 10.1. The first kappa shape index (κ1) is 17.7. The smallest absolute Gasteiger partial charge is 0.304 e. The van der Waals surface area contributed by atoms with E-state index in [1.807, 2.05) is 0 Å². The summed E-state index contributed by atoms with van der Waals surface area (Å²) in [7, 11) is 3.13. The molecule has 1 aliphatic heterocycles. The van der Waals surface area contributed by atoms with Crippen LogP contribution in [0.15, 0.2) is 0 Å². The maximum absolute atomic E-state index is 11.6. The van der Waals surface area contributed by atoms with Crippen molar-refractivity contribution in [3.8, 4) is 0 Å². The summed E-state index contributed by atoms with van der Waals surface area (Å²) >= 11 is 0. The van der Waals surface area contributed by atoms with Gasteiger partial charge in [-0.15, -0.1) is 0 Å². The van der Waals surface area contributed by atoms with Crippen LogP contribution in [0.4, 0.5) is 0 Å². The van der Waals surface area contributed by atoms with Crippen LogP contribution in [0.1, 0.15) is 39.0 Å². The molecule has 0 aromatic rings. The first-order chi connectivity index (χ1) is 9.58. The van der Waals surface area contributed by atoms with Crippen molar-refractivity contribution in [1.29, 1.82) is 0 Å². The summed E-state index contributed by atoms with van der Waals surface area (Å²) in [5.74, 6) is 0.706. The molecular weight excluding hydrogens is 298 g/mol. The largest absolute Gasteiger partial charge is 0.481 e. The molecule has 1 rings (SSSR count). The average molecular weight is 321 g/mol. The zero-order chi connectivity index (χ0) is 14.8. The summed E-state index contributed by atoms with van der Waals surface area (Å²) in [4.78, 5) is 21.9. The average Bonchev–Trinajstić information content (AvgIpc) is 2.81. The molecule has 116 valence electrons. The SMILES string of the molecule is CC1CCC(CCC(=O)NCCSSCCC(=O)O)O1. The number of ether oxygens (including phenoxy) is 1. The minimum absolute atomic E-state index is 0.0734. The molecule has 7 heteroatoms. The molecule has 1 saturated heterocycles. The van der Waals surface area contributed by atoms with Crippen LogP contribution in [0, 0.1) is 0 Å². The summed E-state index contributed by atoms with van der Waals surface area (Å²) < 4.78 is 5.67. The van der Waals surface area contributed by atoms with Gasteiger partial charge in [0.15, 0.2) is 0 Å². The molecule has 2 atom stereocenters. The van der Waals surface area contributed by atoms with Crippen LogP contribution >= 0.6 is 21.6 Å². The van der Waals surface area contributed by atoms with E-state index in [4.69, 9.17) is 9.84 Å². The Balaban J connectivity index is 1.89. The number of carbonyl (C=O) groups is 2. The van der Waals surface area contributed by atoms with Crippen LogP contribution in [0.3, 0.4) is 0 Å². The van der Waals surface area contributed by atoms with Crippen molar-refractivity contribution in [2.75, 3.05) is 18.1 Å². The fourth-order valence-corrected chi connectivity index (χ4v) is 3.84. The van der Waals surface area contributed by atoms with E-state index in [0.717, 1.165) is 25.0 Å². The van der Waals surface area contributed by atoms with E-state index in [1.165, 1.54) is 10.8 Å². The third-order valence-corrected chi connectivity index (χ3v) is 5.41. The van der Waals surface area contributed by atoms with Crippen LogP contribution < -0.4 is 5.32 Å². The second kappa shape index (κ2) is 10.3. The second-order valence-electron chi connectivity index (χ2n) is 4.82. The van der Waals surface area contributed by atoms with Crippen LogP contribution in [0.25, 0.3) is 0 Å². The van der Waals surface area contributed by atoms with E-state index >= 15 is 0 Å². The molecule has 0 aromatic heterocycles. The van der Waals surface area contributed by atoms with E-state index in [-0.39, 0.29) is 18.4 Å². The Labute approximate surface area is 128 Å². The Morgan fingerprint density at radius 3 is 2.65 bits per heavy atom. The molecule has 0 spiro atoms. The van der Waals surface area contributed by atoms with E-state index in [1.54, 1.807) is 10.8 Å². The number of carboxylic acid groups (broad SMARTS) is 1. The molecule has 1 aliphatic rings. The Hall–Kier alpha value is -0.400. The number of hydrogen-bond acceptors (Lipinski definition) is 5. The molecule has 5 nitrogen and oxygen atoms in total. The van der Waals surface area contributed by atoms with E-state index in [2.05, 4.69) is 12.2 Å². The Kier molecular flexibility index (Phi) is 9.13. The minimum Gasteiger partial charge on any atom is -0.481 e. The van der Waals surface area contributed by atoms with Crippen molar-refractivity contribution in [2.45, 2.75) is 51.2 Å². The lowest BCUT2D eigenvalue weighted by molar-refractivity contribution is -0.136. The van der Waals surface area contributed by atoms with Crippen LogP contribution in [0.2, 0.25) is 0 Å². The summed E-state index contributed by atoms with van der Waals surface area (Å²) in [5.41, 5.74) is 0. The van der Waals surface area contributed by atoms with Crippen molar-refractivity contribution in [3.05, 3.63) is 0 Å². The number of amides is 1. The predicted octanol–water partition coefficient (Wildman–Crippen LogP) is 2.31. The van der Waals surface area contributed by atoms with Crippen LogP contribution in [-0.4, -0.2) is 47.2 Å². The van der Waals surface area contributed by atoms with Gasteiger partial charge in [0.05, 0.1) is 18.6 Å². The molecule has 1 amide bonds. The lowest BCUT2D eigenvalue weighted by Crippen LogP contribution is -2.26. The van der Waals surface area contributed by atoms with E-state index in [0.29, 0.717) is 24.8 Å². The van der Waals surface area contributed by atoms with Crippen LogP contribution in [0.5, 0.6) is 0 Å². The van der Waals surface area contributed by atoms with Gasteiger partial charge in [-0.1, -0.05) is 21.6 Å². The van der Waals surface area contributed by atoms with Gasteiger partial charge in [0.25, 0.3) is 0 Å². The third kappa shape index (κ3) is 8.71. The summed E-state index contributed by atoms with van der Waals surface area (Å²) in [6.07, 6.45) is 4.24. The van der Waals surface area contributed by atoms with Gasteiger partial charge >= 0.3 is 5.97 Å². The van der Waals surface area contributed by atoms with Gasteiger partial charge in [0, 0.05) is 24.5 Å².